The number of nitrogens with one attached hydrogen (secondary N) is 3. The van der Waals surface area contributed by atoms with Crippen LogP contribution in [-0.2, 0) is 13.0 Å². The maximum atomic E-state index is 5.55. The molecule has 0 unspecified atom stereocenters. The normalized spacial score (nSPS) is 19.8. The van der Waals surface area contributed by atoms with Crippen LogP contribution in [0.5, 0.6) is 5.75 Å². The van der Waals surface area contributed by atoms with Crippen molar-refractivity contribution in [3.63, 3.8) is 0 Å². The molecule has 0 saturated carbocycles. The topological polar surface area (TPSA) is 45.3 Å². The number of ether oxygens (including phenoxy) is 1. The lowest BCUT2D eigenvalue weighted by atomic mass is 9.97. The summed E-state index contributed by atoms with van der Waals surface area (Å²) in [7, 11) is 1.76. The predicted octanol–water partition coefficient (Wildman–Crippen LogP) is 1.50. The monoisotopic (exact) mass is 261 g/mol. The van der Waals surface area contributed by atoms with Crippen molar-refractivity contribution in [3.8, 4) is 5.75 Å². The van der Waals surface area contributed by atoms with E-state index in [0.29, 0.717) is 6.04 Å². The molecule has 1 saturated heterocycles. The number of piperidine rings is 1. The molecule has 1 aromatic rings. The van der Waals surface area contributed by atoms with Gasteiger partial charge in [0.2, 0.25) is 0 Å². The number of benzene rings is 1. The van der Waals surface area contributed by atoms with Crippen LogP contribution >= 0.6 is 0 Å². The Morgan fingerprint density at radius 2 is 2.00 bits per heavy atom. The molecular formula is C15H23N3O. The Kier molecular flexibility index (Phi) is 3.89. The molecule has 19 heavy (non-hydrogen) atoms. The molecule has 0 amide bonds. The van der Waals surface area contributed by atoms with Crippen molar-refractivity contribution >= 4 is 5.69 Å². The first-order chi connectivity index (χ1) is 9.38. The molecule has 0 spiro atoms. The van der Waals surface area contributed by atoms with Crippen LogP contribution in [0, 0.1) is 0 Å². The SMILES string of the molecule is COc1ccc2c(c1NC1CCNCC1)CCNC2. The zero-order valence-electron chi connectivity index (χ0n) is 11.6. The maximum Gasteiger partial charge on any atom is 0.142 e. The van der Waals surface area contributed by atoms with E-state index in [-0.39, 0.29) is 0 Å². The summed E-state index contributed by atoms with van der Waals surface area (Å²) in [4.78, 5) is 0. The summed E-state index contributed by atoms with van der Waals surface area (Å²) < 4.78 is 5.55. The highest BCUT2D eigenvalue weighted by atomic mass is 16.5. The van der Waals surface area contributed by atoms with Crippen molar-refractivity contribution in [2.75, 3.05) is 32.1 Å². The van der Waals surface area contributed by atoms with E-state index in [0.717, 1.165) is 38.3 Å². The van der Waals surface area contributed by atoms with Crippen LogP contribution in [-0.4, -0.2) is 32.8 Å². The second kappa shape index (κ2) is 5.80. The van der Waals surface area contributed by atoms with Gasteiger partial charge in [-0.15, -0.1) is 0 Å². The Balaban J connectivity index is 1.88. The lowest BCUT2D eigenvalue weighted by Gasteiger charge is -2.29. The average Bonchev–Trinajstić information content (AvgIpc) is 2.49. The molecule has 0 bridgehead atoms. The molecule has 104 valence electrons. The predicted molar refractivity (Wildman–Crippen MR) is 77.9 cm³/mol. The molecule has 1 fully saturated rings. The summed E-state index contributed by atoms with van der Waals surface area (Å²) in [5.74, 6) is 0.985. The van der Waals surface area contributed by atoms with Gasteiger partial charge in [0.05, 0.1) is 12.8 Å². The molecule has 2 heterocycles. The second-order valence-electron chi connectivity index (χ2n) is 5.38. The van der Waals surface area contributed by atoms with Crippen LogP contribution in [0.1, 0.15) is 24.0 Å². The molecule has 4 heteroatoms. The lowest BCUT2D eigenvalue weighted by molar-refractivity contribution is 0.412. The third-order valence-corrected chi connectivity index (χ3v) is 4.15. The van der Waals surface area contributed by atoms with E-state index in [9.17, 15) is 0 Å². The van der Waals surface area contributed by atoms with Crippen LogP contribution in [0.25, 0.3) is 0 Å². The number of rotatable bonds is 3. The van der Waals surface area contributed by atoms with Gasteiger partial charge < -0.3 is 20.7 Å². The zero-order chi connectivity index (χ0) is 13.1. The van der Waals surface area contributed by atoms with Gasteiger partial charge in [-0.1, -0.05) is 6.07 Å². The third-order valence-electron chi connectivity index (χ3n) is 4.15. The van der Waals surface area contributed by atoms with E-state index >= 15 is 0 Å². The first-order valence-electron chi connectivity index (χ1n) is 7.25. The molecule has 1 aromatic carbocycles. The molecule has 2 aliphatic heterocycles. The number of fused-ring (bicyclic) bond motifs is 1. The quantitative estimate of drug-likeness (QED) is 0.772. The van der Waals surface area contributed by atoms with Crippen molar-refractivity contribution < 1.29 is 4.74 Å². The van der Waals surface area contributed by atoms with Gasteiger partial charge in [0, 0.05) is 12.6 Å². The van der Waals surface area contributed by atoms with E-state index < -0.39 is 0 Å². The summed E-state index contributed by atoms with van der Waals surface area (Å²) in [6.45, 7) is 4.24. The molecule has 0 aliphatic carbocycles. The molecule has 4 nitrogen and oxygen atoms in total. The fourth-order valence-corrected chi connectivity index (χ4v) is 3.06. The van der Waals surface area contributed by atoms with E-state index in [2.05, 4.69) is 28.1 Å². The highest BCUT2D eigenvalue weighted by Crippen LogP contribution is 2.34. The van der Waals surface area contributed by atoms with Crippen molar-refractivity contribution in [2.24, 2.45) is 0 Å². The minimum absolute atomic E-state index is 0.566. The van der Waals surface area contributed by atoms with E-state index in [1.165, 1.54) is 29.7 Å². The number of methoxy groups -OCH3 is 1. The van der Waals surface area contributed by atoms with Crippen molar-refractivity contribution in [2.45, 2.75) is 31.8 Å². The molecule has 0 aromatic heterocycles. The summed E-state index contributed by atoms with van der Waals surface area (Å²) in [5, 5.41) is 10.6. The smallest absolute Gasteiger partial charge is 0.142 e. The zero-order valence-corrected chi connectivity index (χ0v) is 11.6. The number of hydrogen-bond acceptors (Lipinski definition) is 4. The van der Waals surface area contributed by atoms with Gasteiger partial charge in [-0.2, -0.15) is 0 Å². The second-order valence-corrected chi connectivity index (χ2v) is 5.38. The Hall–Kier alpha value is -1.26. The van der Waals surface area contributed by atoms with Gasteiger partial charge in [-0.05, 0) is 56.1 Å². The van der Waals surface area contributed by atoms with Crippen molar-refractivity contribution in [3.05, 3.63) is 23.3 Å². The standard InChI is InChI=1S/C15H23N3O/c1-19-14-3-2-11-10-17-9-6-13(11)15(14)18-12-4-7-16-8-5-12/h2-3,12,16-18H,4-10H2,1H3. The van der Waals surface area contributed by atoms with E-state index in [1.807, 2.05) is 0 Å². The number of hydrogen-bond donors (Lipinski definition) is 3. The summed E-state index contributed by atoms with van der Waals surface area (Å²) in [5.41, 5.74) is 4.08. The van der Waals surface area contributed by atoms with Crippen LogP contribution in [0.3, 0.4) is 0 Å². The fourth-order valence-electron chi connectivity index (χ4n) is 3.06. The highest BCUT2D eigenvalue weighted by Gasteiger charge is 2.20. The van der Waals surface area contributed by atoms with Crippen LogP contribution < -0.4 is 20.7 Å². The first-order valence-corrected chi connectivity index (χ1v) is 7.25. The van der Waals surface area contributed by atoms with E-state index in [1.54, 1.807) is 7.11 Å². The van der Waals surface area contributed by atoms with Gasteiger partial charge in [0.1, 0.15) is 5.75 Å². The lowest BCUT2D eigenvalue weighted by Crippen LogP contribution is -2.36. The molecule has 0 atom stereocenters. The minimum Gasteiger partial charge on any atom is -0.495 e. The van der Waals surface area contributed by atoms with Crippen LogP contribution in [0.15, 0.2) is 12.1 Å². The summed E-state index contributed by atoms with van der Waals surface area (Å²) in [6.07, 6.45) is 3.45. The Morgan fingerprint density at radius 1 is 1.16 bits per heavy atom. The fraction of sp³-hybridized carbons (Fsp3) is 0.600. The molecule has 0 radical (unpaired) electrons. The minimum atomic E-state index is 0.566. The summed E-state index contributed by atoms with van der Waals surface area (Å²) >= 11 is 0. The third kappa shape index (κ3) is 2.69. The number of anilines is 1. The van der Waals surface area contributed by atoms with Gasteiger partial charge in [0.25, 0.3) is 0 Å². The molecular weight excluding hydrogens is 238 g/mol. The highest BCUT2D eigenvalue weighted by molar-refractivity contribution is 5.65. The molecule has 2 aliphatic rings. The Labute approximate surface area is 114 Å². The maximum absolute atomic E-state index is 5.55. The van der Waals surface area contributed by atoms with Crippen molar-refractivity contribution in [1.82, 2.24) is 10.6 Å². The van der Waals surface area contributed by atoms with Crippen LogP contribution in [0.2, 0.25) is 0 Å². The largest absolute Gasteiger partial charge is 0.495 e. The molecule has 3 rings (SSSR count). The summed E-state index contributed by atoms with van der Waals surface area (Å²) in [6, 6.07) is 4.85. The van der Waals surface area contributed by atoms with E-state index in [4.69, 9.17) is 4.74 Å². The average molecular weight is 261 g/mol. The Morgan fingerprint density at radius 3 is 2.79 bits per heavy atom. The molecule has 3 N–H and O–H groups in total. The van der Waals surface area contributed by atoms with Gasteiger partial charge in [0.15, 0.2) is 0 Å². The van der Waals surface area contributed by atoms with Crippen molar-refractivity contribution in [1.29, 1.82) is 0 Å². The van der Waals surface area contributed by atoms with Gasteiger partial charge in [-0.3, -0.25) is 0 Å². The first kappa shape index (κ1) is 12.8. The van der Waals surface area contributed by atoms with Gasteiger partial charge >= 0.3 is 0 Å². The Bertz CT molecular complexity index is 441. The van der Waals surface area contributed by atoms with Crippen LogP contribution in [0.4, 0.5) is 5.69 Å². The van der Waals surface area contributed by atoms with Gasteiger partial charge in [-0.25, -0.2) is 0 Å².